The Morgan fingerprint density at radius 2 is 1.85 bits per heavy atom. The summed E-state index contributed by atoms with van der Waals surface area (Å²) in [7, 11) is -3.89. The summed E-state index contributed by atoms with van der Waals surface area (Å²) in [6.45, 7) is 7.56. The van der Waals surface area contributed by atoms with Crippen LogP contribution in [0.25, 0.3) is 22.2 Å². The van der Waals surface area contributed by atoms with Gasteiger partial charge in [0.05, 0.1) is 29.6 Å². The Morgan fingerprint density at radius 1 is 1.07 bits per heavy atom. The molecule has 54 heavy (non-hydrogen) atoms. The SMILES string of the molecule is C=C[C@@H]1C[C@]1(NC(=O)[C@@H]1C[C@@H]2CN1C(=O)[C@H](C(C)C)NC(=O)OCCCCCc1ccc3nc(-c4ccccc4)cc(c3c1)O2)C(=O)NS(=O)(=O)C1CC1. The second-order valence-electron chi connectivity index (χ2n) is 15.2. The highest BCUT2D eigenvalue weighted by molar-refractivity contribution is 7.91. The fraction of sp³-hybridized carbons (Fsp3) is 0.475. The number of cyclic esters (lactones) is 1. The number of ether oxygens (including phenoxy) is 2. The van der Waals surface area contributed by atoms with Crippen LogP contribution in [0.15, 0.2) is 67.3 Å². The summed E-state index contributed by atoms with van der Waals surface area (Å²) >= 11 is 0. The van der Waals surface area contributed by atoms with E-state index >= 15 is 0 Å². The van der Waals surface area contributed by atoms with Crippen LogP contribution < -0.4 is 20.1 Å². The number of aromatic nitrogens is 1. The van der Waals surface area contributed by atoms with E-state index in [9.17, 15) is 27.6 Å². The summed E-state index contributed by atoms with van der Waals surface area (Å²) in [5, 5.41) is 5.71. The quantitative estimate of drug-likeness (QED) is 0.282. The molecule has 3 heterocycles. The molecule has 14 heteroatoms. The van der Waals surface area contributed by atoms with Gasteiger partial charge in [0, 0.05) is 29.4 Å². The summed E-state index contributed by atoms with van der Waals surface area (Å²) in [4.78, 5) is 61.5. The first-order valence-electron chi connectivity index (χ1n) is 18.8. The summed E-state index contributed by atoms with van der Waals surface area (Å²) in [5.41, 5.74) is 1.89. The van der Waals surface area contributed by atoms with Crippen molar-refractivity contribution < 1.29 is 37.1 Å². The Hall–Kier alpha value is -4.98. The number of benzene rings is 2. The minimum absolute atomic E-state index is 0.00118. The molecule has 3 fully saturated rings. The van der Waals surface area contributed by atoms with E-state index in [2.05, 4.69) is 34.1 Å². The van der Waals surface area contributed by atoms with E-state index in [0.29, 0.717) is 30.7 Å². The van der Waals surface area contributed by atoms with Crippen molar-refractivity contribution in [3.05, 3.63) is 72.8 Å². The second kappa shape index (κ2) is 15.0. The van der Waals surface area contributed by atoms with Gasteiger partial charge < -0.3 is 25.0 Å². The number of carbonyl (C=O) groups excluding carboxylic acids is 4. The normalized spacial score (nSPS) is 26.2. The van der Waals surface area contributed by atoms with Crippen molar-refractivity contribution in [2.45, 2.75) is 94.2 Å². The average Bonchev–Trinajstić information content (AvgIpc) is 4.08. The number of pyridine rings is 1. The zero-order valence-corrected chi connectivity index (χ0v) is 31.4. The van der Waals surface area contributed by atoms with Gasteiger partial charge >= 0.3 is 6.09 Å². The maximum atomic E-state index is 14.4. The van der Waals surface area contributed by atoms with E-state index < -0.39 is 68.7 Å². The van der Waals surface area contributed by atoms with Crippen LogP contribution in [0.4, 0.5) is 4.79 Å². The molecule has 4 bridgehead atoms. The number of alkyl carbamates (subject to hydrolysis) is 1. The maximum Gasteiger partial charge on any atom is 0.407 e. The Morgan fingerprint density at radius 3 is 2.56 bits per heavy atom. The fourth-order valence-corrected chi connectivity index (χ4v) is 8.82. The highest BCUT2D eigenvalue weighted by Gasteiger charge is 2.62. The number of hydrogen-bond donors (Lipinski definition) is 3. The lowest BCUT2D eigenvalue weighted by molar-refractivity contribution is -0.141. The predicted molar refractivity (Wildman–Crippen MR) is 202 cm³/mol. The number of hydrogen-bond acceptors (Lipinski definition) is 9. The summed E-state index contributed by atoms with van der Waals surface area (Å²) < 4.78 is 39.8. The van der Waals surface area contributed by atoms with Gasteiger partial charge in [-0.15, -0.1) is 6.58 Å². The number of amides is 4. The number of sulfonamides is 1. The first-order valence-corrected chi connectivity index (χ1v) is 20.3. The molecular weight excluding hydrogens is 711 g/mol. The van der Waals surface area contributed by atoms with Gasteiger partial charge in [0.1, 0.15) is 29.5 Å². The van der Waals surface area contributed by atoms with Crippen LogP contribution in [0.5, 0.6) is 5.75 Å². The molecule has 2 aromatic carbocycles. The molecule has 1 aromatic heterocycles. The molecule has 2 aliphatic heterocycles. The zero-order chi connectivity index (χ0) is 38.2. The standard InChI is InChI=1S/C40H47N5O8S/c1-4-27-22-40(27,38(48)44-54(50,51)29-15-16-29)43-36(46)33-20-28-23-45(33)37(47)35(24(2)3)42-39(49)52-18-10-6-7-11-25-14-17-31-30(19-25)34(53-28)21-32(41-31)26-12-8-5-9-13-26/h4-5,8-9,12-14,17,19,21,24,27-29,33,35H,1,6-7,10-11,15-16,18,20,22-23H2,2-3H3,(H,42,49)(H,43,46)(H,44,48)/t27-,28-,33+,35+,40-/m1/s1. The number of carbonyl (C=O) groups is 4. The van der Waals surface area contributed by atoms with Gasteiger partial charge in [0.25, 0.3) is 5.91 Å². The molecule has 4 amide bonds. The van der Waals surface area contributed by atoms with Crippen LogP contribution >= 0.6 is 0 Å². The summed E-state index contributed by atoms with van der Waals surface area (Å²) in [6.07, 6.45) is 4.43. The molecule has 2 aliphatic carbocycles. The van der Waals surface area contributed by atoms with Crippen molar-refractivity contribution in [3.8, 4) is 17.0 Å². The van der Waals surface area contributed by atoms with Gasteiger partial charge in [0.2, 0.25) is 21.8 Å². The number of aryl methyl sites for hydroxylation is 1. The highest BCUT2D eigenvalue weighted by Crippen LogP contribution is 2.45. The minimum atomic E-state index is -3.89. The molecule has 7 rings (SSSR count). The van der Waals surface area contributed by atoms with Crippen molar-refractivity contribution >= 4 is 44.7 Å². The van der Waals surface area contributed by atoms with Crippen molar-refractivity contribution in [2.75, 3.05) is 13.2 Å². The van der Waals surface area contributed by atoms with E-state index in [1.807, 2.05) is 42.5 Å². The van der Waals surface area contributed by atoms with Crippen LogP contribution in [0, 0.1) is 11.8 Å². The van der Waals surface area contributed by atoms with Gasteiger partial charge in [-0.3, -0.25) is 19.1 Å². The minimum Gasteiger partial charge on any atom is -0.488 e. The monoisotopic (exact) mass is 757 g/mol. The average molecular weight is 758 g/mol. The molecule has 2 saturated carbocycles. The van der Waals surface area contributed by atoms with Crippen LogP contribution in [0.2, 0.25) is 0 Å². The number of nitrogens with one attached hydrogen (secondary N) is 3. The smallest absolute Gasteiger partial charge is 0.407 e. The molecular formula is C40H47N5O8S. The summed E-state index contributed by atoms with van der Waals surface area (Å²) in [6, 6.07) is 15.6. The number of fused-ring (bicyclic) bond motifs is 3. The highest BCUT2D eigenvalue weighted by atomic mass is 32.2. The lowest BCUT2D eigenvalue weighted by atomic mass is 10.0. The largest absolute Gasteiger partial charge is 0.488 e. The first kappa shape index (κ1) is 37.3. The first-order chi connectivity index (χ1) is 25.9. The van der Waals surface area contributed by atoms with Gasteiger partial charge in [-0.1, -0.05) is 56.3 Å². The second-order valence-corrected chi connectivity index (χ2v) is 17.2. The molecule has 3 aromatic rings. The third-order valence-electron chi connectivity index (χ3n) is 10.8. The third kappa shape index (κ3) is 7.80. The van der Waals surface area contributed by atoms with Gasteiger partial charge in [-0.05, 0) is 68.6 Å². The molecule has 4 aliphatic rings. The van der Waals surface area contributed by atoms with Crippen LogP contribution in [-0.2, 0) is 35.6 Å². The molecule has 0 spiro atoms. The van der Waals surface area contributed by atoms with Crippen molar-refractivity contribution in [1.29, 1.82) is 0 Å². The molecule has 0 unspecified atom stereocenters. The van der Waals surface area contributed by atoms with E-state index in [4.69, 9.17) is 14.5 Å². The Labute approximate surface area is 315 Å². The van der Waals surface area contributed by atoms with E-state index in [1.54, 1.807) is 13.8 Å². The number of nitrogens with zero attached hydrogens (tertiary/aromatic N) is 2. The lowest BCUT2D eigenvalue weighted by Gasteiger charge is -2.31. The molecule has 13 nitrogen and oxygen atoms in total. The van der Waals surface area contributed by atoms with E-state index in [0.717, 1.165) is 41.3 Å². The van der Waals surface area contributed by atoms with Crippen LogP contribution in [-0.4, -0.2) is 84.2 Å². The lowest BCUT2D eigenvalue weighted by Crippen LogP contribution is -2.59. The number of rotatable bonds is 8. The Bertz CT molecular complexity index is 2070. The fourth-order valence-electron chi connectivity index (χ4n) is 7.46. The van der Waals surface area contributed by atoms with Gasteiger partial charge in [-0.2, -0.15) is 0 Å². The third-order valence-corrected chi connectivity index (χ3v) is 12.7. The maximum absolute atomic E-state index is 14.4. The molecule has 5 atom stereocenters. The molecule has 286 valence electrons. The molecule has 3 N–H and O–H groups in total. The van der Waals surface area contributed by atoms with Crippen molar-refractivity contribution in [3.63, 3.8) is 0 Å². The van der Waals surface area contributed by atoms with Crippen molar-refractivity contribution in [1.82, 2.24) is 25.2 Å². The zero-order valence-electron chi connectivity index (χ0n) is 30.6. The Kier molecular flexibility index (Phi) is 10.4. The topological polar surface area (TPSA) is 173 Å². The summed E-state index contributed by atoms with van der Waals surface area (Å²) in [5.74, 6) is -2.30. The molecule has 1 saturated heterocycles. The van der Waals surface area contributed by atoms with Crippen LogP contribution in [0.1, 0.15) is 64.4 Å². The van der Waals surface area contributed by atoms with E-state index in [1.165, 1.54) is 11.0 Å². The van der Waals surface area contributed by atoms with E-state index in [-0.39, 0.29) is 31.9 Å². The van der Waals surface area contributed by atoms with Gasteiger partial charge in [0.15, 0.2) is 0 Å². The van der Waals surface area contributed by atoms with Gasteiger partial charge in [-0.25, -0.2) is 18.2 Å². The molecule has 0 radical (unpaired) electrons. The van der Waals surface area contributed by atoms with Crippen LogP contribution in [0.3, 0.4) is 0 Å². The van der Waals surface area contributed by atoms with Crippen molar-refractivity contribution in [2.24, 2.45) is 11.8 Å². The Balaban J connectivity index is 1.24. The predicted octanol–water partition coefficient (Wildman–Crippen LogP) is 4.40.